The van der Waals surface area contributed by atoms with Crippen molar-refractivity contribution in [2.45, 2.75) is 46.0 Å². The highest BCUT2D eigenvalue weighted by Crippen LogP contribution is 2.35. The van der Waals surface area contributed by atoms with E-state index in [1.165, 1.54) is 38.2 Å². The topological polar surface area (TPSA) is 49.3 Å². The number of phenolic OH excluding ortho intramolecular Hbond substituents is 1. The molecule has 1 amide bonds. The zero-order chi connectivity index (χ0) is 13.9. The summed E-state index contributed by atoms with van der Waals surface area (Å²) in [5.74, 6) is 0.0821. The second-order valence-electron chi connectivity index (χ2n) is 6.06. The van der Waals surface area contributed by atoms with Gasteiger partial charge in [0.1, 0.15) is 5.75 Å². The van der Waals surface area contributed by atoms with Crippen LogP contribution in [0.5, 0.6) is 5.75 Å². The average molecular weight is 261 g/mol. The third-order valence-corrected chi connectivity index (χ3v) is 4.21. The standard InChI is InChI=1S/C16H23NO2/c1-12-6-7-13(10-14(12)18)15(19)17-11-16(2)8-4-3-5-9-16/h6-7,10,18H,3-5,8-9,11H2,1-2H3,(H,17,19). The van der Waals surface area contributed by atoms with E-state index in [4.69, 9.17) is 0 Å². The molecule has 1 aromatic rings. The van der Waals surface area contributed by atoms with Gasteiger partial charge in [0.2, 0.25) is 0 Å². The highest BCUT2D eigenvalue weighted by Gasteiger charge is 2.27. The van der Waals surface area contributed by atoms with Gasteiger partial charge in [-0.1, -0.05) is 32.3 Å². The van der Waals surface area contributed by atoms with Crippen molar-refractivity contribution in [3.8, 4) is 5.75 Å². The van der Waals surface area contributed by atoms with E-state index in [9.17, 15) is 9.90 Å². The fourth-order valence-electron chi connectivity index (χ4n) is 2.73. The molecule has 3 nitrogen and oxygen atoms in total. The van der Waals surface area contributed by atoms with E-state index in [-0.39, 0.29) is 17.1 Å². The van der Waals surface area contributed by atoms with Crippen LogP contribution in [0.2, 0.25) is 0 Å². The lowest BCUT2D eigenvalue weighted by Gasteiger charge is -2.33. The molecule has 0 spiro atoms. The summed E-state index contributed by atoms with van der Waals surface area (Å²) in [5, 5.41) is 12.6. The maximum absolute atomic E-state index is 12.1. The predicted octanol–water partition coefficient (Wildman–Crippen LogP) is 3.40. The van der Waals surface area contributed by atoms with Crippen LogP contribution in [-0.2, 0) is 0 Å². The van der Waals surface area contributed by atoms with E-state index in [1.807, 2.05) is 6.92 Å². The fraction of sp³-hybridized carbons (Fsp3) is 0.562. The van der Waals surface area contributed by atoms with Crippen molar-refractivity contribution in [1.29, 1.82) is 0 Å². The highest BCUT2D eigenvalue weighted by molar-refractivity contribution is 5.94. The van der Waals surface area contributed by atoms with E-state index < -0.39 is 0 Å². The molecule has 0 aliphatic heterocycles. The van der Waals surface area contributed by atoms with E-state index >= 15 is 0 Å². The number of amides is 1. The maximum Gasteiger partial charge on any atom is 0.251 e. The third-order valence-electron chi connectivity index (χ3n) is 4.21. The number of hydrogen-bond acceptors (Lipinski definition) is 2. The van der Waals surface area contributed by atoms with Gasteiger partial charge >= 0.3 is 0 Å². The second-order valence-corrected chi connectivity index (χ2v) is 6.06. The molecule has 1 aliphatic rings. The number of rotatable bonds is 3. The summed E-state index contributed by atoms with van der Waals surface area (Å²) in [6, 6.07) is 5.06. The number of carbonyl (C=O) groups excluding carboxylic acids is 1. The van der Waals surface area contributed by atoms with Gasteiger partial charge in [-0.3, -0.25) is 4.79 Å². The Hall–Kier alpha value is -1.51. The molecule has 0 bridgehead atoms. The number of benzene rings is 1. The van der Waals surface area contributed by atoms with Crippen molar-refractivity contribution in [1.82, 2.24) is 5.32 Å². The minimum Gasteiger partial charge on any atom is -0.508 e. The minimum atomic E-state index is -0.0953. The van der Waals surface area contributed by atoms with Gasteiger partial charge in [-0.15, -0.1) is 0 Å². The van der Waals surface area contributed by atoms with Crippen LogP contribution in [0, 0.1) is 12.3 Å². The van der Waals surface area contributed by atoms with Crippen molar-refractivity contribution in [3.05, 3.63) is 29.3 Å². The van der Waals surface area contributed by atoms with Crippen LogP contribution in [0.4, 0.5) is 0 Å². The number of carbonyl (C=O) groups is 1. The second kappa shape index (κ2) is 5.64. The van der Waals surface area contributed by atoms with Crippen LogP contribution >= 0.6 is 0 Å². The largest absolute Gasteiger partial charge is 0.508 e. The van der Waals surface area contributed by atoms with Gasteiger partial charge < -0.3 is 10.4 Å². The van der Waals surface area contributed by atoms with Crippen LogP contribution in [0.3, 0.4) is 0 Å². The molecule has 1 aromatic carbocycles. The molecule has 2 N–H and O–H groups in total. The molecule has 0 aromatic heterocycles. The summed E-state index contributed by atoms with van der Waals surface area (Å²) >= 11 is 0. The molecule has 19 heavy (non-hydrogen) atoms. The Labute approximate surface area is 115 Å². The van der Waals surface area contributed by atoms with Crippen LogP contribution in [0.15, 0.2) is 18.2 Å². The van der Waals surface area contributed by atoms with Crippen molar-refractivity contribution >= 4 is 5.91 Å². The van der Waals surface area contributed by atoms with Crippen molar-refractivity contribution in [2.24, 2.45) is 5.41 Å². The fourth-order valence-corrected chi connectivity index (χ4v) is 2.73. The maximum atomic E-state index is 12.1. The summed E-state index contributed by atoms with van der Waals surface area (Å²) in [5.41, 5.74) is 1.55. The molecule has 1 saturated carbocycles. The van der Waals surface area contributed by atoms with Gasteiger partial charge in [0, 0.05) is 12.1 Å². The molecular weight excluding hydrogens is 238 g/mol. The van der Waals surface area contributed by atoms with Gasteiger partial charge in [-0.25, -0.2) is 0 Å². The quantitative estimate of drug-likeness (QED) is 0.876. The van der Waals surface area contributed by atoms with Crippen LogP contribution in [0.25, 0.3) is 0 Å². The Kier molecular flexibility index (Phi) is 4.13. The molecule has 1 fully saturated rings. The molecule has 1 aliphatic carbocycles. The van der Waals surface area contributed by atoms with Crippen LogP contribution in [0.1, 0.15) is 54.9 Å². The summed E-state index contributed by atoms with van der Waals surface area (Å²) in [7, 11) is 0. The molecular formula is C16H23NO2. The number of aryl methyl sites for hydroxylation is 1. The van der Waals surface area contributed by atoms with Gasteiger partial charge in [0.05, 0.1) is 0 Å². The first-order valence-corrected chi connectivity index (χ1v) is 7.08. The van der Waals surface area contributed by atoms with E-state index in [1.54, 1.807) is 12.1 Å². The average Bonchev–Trinajstić information content (AvgIpc) is 2.40. The zero-order valence-corrected chi connectivity index (χ0v) is 11.8. The molecule has 0 atom stereocenters. The molecule has 0 radical (unpaired) electrons. The Morgan fingerprint density at radius 1 is 1.32 bits per heavy atom. The lowest BCUT2D eigenvalue weighted by molar-refractivity contribution is 0.0919. The first-order chi connectivity index (χ1) is 9.00. The summed E-state index contributed by atoms with van der Waals surface area (Å²) in [4.78, 5) is 12.1. The van der Waals surface area contributed by atoms with Crippen molar-refractivity contribution in [3.63, 3.8) is 0 Å². The Morgan fingerprint density at radius 3 is 2.63 bits per heavy atom. The lowest BCUT2D eigenvalue weighted by atomic mass is 9.76. The lowest BCUT2D eigenvalue weighted by Crippen LogP contribution is -2.37. The van der Waals surface area contributed by atoms with Gasteiger partial charge in [0.25, 0.3) is 5.91 Å². The predicted molar refractivity (Wildman–Crippen MR) is 76.4 cm³/mol. The van der Waals surface area contributed by atoms with E-state index in [0.29, 0.717) is 5.56 Å². The number of aromatic hydroxyl groups is 1. The van der Waals surface area contributed by atoms with E-state index in [0.717, 1.165) is 12.1 Å². The number of nitrogens with one attached hydrogen (secondary N) is 1. The van der Waals surface area contributed by atoms with E-state index in [2.05, 4.69) is 12.2 Å². The summed E-state index contributed by atoms with van der Waals surface area (Å²) in [6.07, 6.45) is 6.21. The SMILES string of the molecule is Cc1ccc(C(=O)NCC2(C)CCCCC2)cc1O. The molecule has 2 rings (SSSR count). The summed E-state index contributed by atoms with van der Waals surface area (Å²) in [6.45, 7) is 4.79. The van der Waals surface area contributed by atoms with Crippen molar-refractivity contribution in [2.75, 3.05) is 6.54 Å². The zero-order valence-electron chi connectivity index (χ0n) is 11.8. The third kappa shape index (κ3) is 3.49. The Morgan fingerprint density at radius 2 is 2.00 bits per heavy atom. The monoisotopic (exact) mass is 261 g/mol. The first kappa shape index (κ1) is 13.9. The smallest absolute Gasteiger partial charge is 0.251 e. The molecule has 0 saturated heterocycles. The molecule has 104 valence electrons. The van der Waals surface area contributed by atoms with Gasteiger partial charge in [-0.2, -0.15) is 0 Å². The summed E-state index contributed by atoms with van der Waals surface area (Å²) < 4.78 is 0. The van der Waals surface area contributed by atoms with Gasteiger partial charge in [-0.05, 0) is 42.9 Å². The van der Waals surface area contributed by atoms with Gasteiger partial charge in [0.15, 0.2) is 0 Å². The number of phenols is 1. The molecule has 0 heterocycles. The normalized spacial score (nSPS) is 18.0. The van der Waals surface area contributed by atoms with Crippen LogP contribution in [-0.4, -0.2) is 17.6 Å². The van der Waals surface area contributed by atoms with Crippen LogP contribution < -0.4 is 5.32 Å². The molecule has 3 heteroatoms. The first-order valence-electron chi connectivity index (χ1n) is 7.08. The Balaban J connectivity index is 1.95. The molecule has 0 unspecified atom stereocenters. The van der Waals surface area contributed by atoms with Crippen molar-refractivity contribution < 1.29 is 9.90 Å². The number of hydrogen-bond donors (Lipinski definition) is 2. The highest BCUT2D eigenvalue weighted by atomic mass is 16.3. The minimum absolute atomic E-state index is 0.0953. The Bertz CT molecular complexity index is 462.